The number of anilines is 1. The van der Waals surface area contributed by atoms with Crippen molar-refractivity contribution in [3.8, 4) is 6.19 Å². The van der Waals surface area contributed by atoms with Crippen LogP contribution >= 0.6 is 0 Å². The van der Waals surface area contributed by atoms with Gasteiger partial charge in [0.1, 0.15) is 0 Å². The van der Waals surface area contributed by atoms with Crippen LogP contribution < -0.4 is 10.6 Å². The largest absolute Gasteiger partial charge is 0.481 e. The van der Waals surface area contributed by atoms with Crippen LogP contribution in [0.15, 0.2) is 84.1 Å². The first-order valence-corrected chi connectivity index (χ1v) is 11.6. The van der Waals surface area contributed by atoms with Gasteiger partial charge < -0.3 is 15.7 Å². The molecule has 0 radical (unpaired) electrons. The van der Waals surface area contributed by atoms with Crippen LogP contribution in [0, 0.1) is 11.5 Å². The molecule has 1 aliphatic carbocycles. The predicted molar refractivity (Wildman–Crippen MR) is 137 cm³/mol. The molecule has 176 valence electrons. The maximum absolute atomic E-state index is 10.9. The third-order valence-electron chi connectivity index (χ3n) is 6.16. The molecule has 4 rings (SSSR count). The average Bonchev–Trinajstić information content (AvgIpc) is 3.28. The minimum atomic E-state index is -0.802. The van der Waals surface area contributed by atoms with Crippen molar-refractivity contribution >= 4 is 23.2 Å². The van der Waals surface area contributed by atoms with E-state index in [9.17, 15) is 10.1 Å². The number of pyridine rings is 1. The van der Waals surface area contributed by atoms with E-state index in [1.165, 1.54) is 11.1 Å². The highest BCUT2D eigenvalue weighted by Crippen LogP contribution is 2.32. The lowest BCUT2D eigenvalue weighted by molar-refractivity contribution is -0.137. The number of nitrogens with two attached hydrogens (primary N) is 1. The number of rotatable bonds is 8. The molecule has 35 heavy (non-hydrogen) atoms. The summed E-state index contributed by atoms with van der Waals surface area (Å²) in [7, 11) is 0. The molecule has 0 atom stereocenters. The zero-order valence-corrected chi connectivity index (χ0v) is 19.3. The number of hydrogen-bond acceptors (Lipinski definition) is 4. The van der Waals surface area contributed by atoms with E-state index in [1.807, 2.05) is 59.6 Å². The molecule has 0 aliphatic heterocycles. The Labute approximate surface area is 204 Å². The summed E-state index contributed by atoms with van der Waals surface area (Å²) in [4.78, 5) is 21.0. The monoisotopic (exact) mass is 465 g/mol. The van der Waals surface area contributed by atoms with Crippen LogP contribution in [-0.4, -0.2) is 28.1 Å². The fourth-order valence-corrected chi connectivity index (χ4v) is 4.60. The molecule has 3 N–H and O–H groups in total. The van der Waals surface area contributed by atoms with Crippen molar-refractivity contribution in [3.63, 3.8) is 0 Å². The molecule has 7 heteroatoms. The minimum Gasteiger partial charge on any atom is -0.481 e. The van der Waals surface area contributed by atoms with Crippen LogP contribution in [0.2, 0.25) is 0 Å². The Morgan fingerprint density at radius 1 is 1.14 bits per heavy atom. The van der Waals surface area contributed by atoms with Gasteiger partial charge in [0.2, 0.25) is 12.2 Å². The van der Waals surface area contributed by atoms with Gasteiger partial charge >= 0.3 is 5.97 Å². The highest BCUT2D eigenvalue weighted by molar-refractivity contribution is 5.97. The summed E-state index contributed by atoms with van der Waals surface area (Å²) in [5, 5.41) is 18.2. The van der Waals surface area contributed by atoms with Gasteiger partial charge in [-0.05, 0) is 66.1 Å². The van der Waals surface area contributed by atoms with Crippen LogP contribution in [0.4, 0.5) is 5.69 Å². The quantitative estimate of drug-likeness (QED) is 0.218. The molecule has 7 nitrogen and oxygen atoms in total. The van der Waals surface area contributed by atoms with Crippen molar-refractivity contribution in [1.82, 2.24) is 4.98 Å². The number of hydrogen-bond donors (Lipinski definition) is 2. The molecule has 3 aromatic rings. The summed E-state index contributed by atoms with van der Waals surface area (Å²) in [6.07, 6.45) is 10.3. The number of benzene rings is 2. The molecule has 2 aromatic carbocycles. The summed E-state index contributed by atoms with van der Waals surface area (Å²) in [6.45, 7) is 0. The molecule has 1 heterocycles. The van der Waals surface area contributed by atoms with E-state index in [2.05, 4.69) is 28.2 Å². The summed E-state index contributed by atoms with van der Waals surface area (Å²) >= 11 is 0. The fourth-order valence-electron chi connectivity index (χ4n) is 4.60. The Morgan fingerprint density at radius 2 is 1.89 bits per heavy atom. The van der Waals surface area contributed by atoms with Crippen LogP contribution in [0.25, 0.3) is 5.57 Å². The van der Waals surface area contributed by atoms with E-state index < -0.39 is 5.97 Å². The van der Waals surface area contributed by atoms with Crippen LogP contribution in [-0.2, 0) is 17.6 Å². The number of aliphatic imine (C=N–C) groups is 1. The number of unbranched alkanes of at least 4 members (excludes halogenated alkanes) is 1. The van der Waals surface area contributed by atoms with Gasteiger partial charge in [-0.1, -0.05) is 48.5 Å². The molecule has 0 saturated carbocycles. The molecule has 1 aliphatic rings. The maximum Gasteiger partial charge on any atom is 0.303 e. The van der Waals surface area contributed by atoms with Crippen molar-refractivity contribution in [2.75, 3.05) is 4.90 Å². The number of nitriles is 1. The van der Waals surface area contributed by atoms with Crippen LogP contribution in [0.5, 0.6) is 0 Å². The number of aliphatic carboxylic acids is 1. The van der Waals surface area contributed by atoms with Crippen molar-refractivity contribution in [3.05, 3.63) is 101 Å². The normalized spacial score (nSPS) is 13.8. The molecule has 0 bridgehead atoms. The molecule has 1 aromatic heterocycles. The third-order valence-corrected chi connectivity index (χ3v) is 6.16. The predicted octanol–water partition coefficient (Wildman–Crippen LogP) is 4.54. The minimum absolute atomic E-state index is 0.0427. The van der Waals surface area contributed by atoms with Gasteiger partial charge in [0.05, 0.1) is 0 Å². The van der Waals surface area contributed by atoms with E-state index in [4.69, 9.17) is 10.8 Å². The number of carboxylic acid groups (broad SMARTS) is 1. The van der Waals surface area contributed by atoms with Crippen LogP contribution in [0.3, 0.4) is 0 Å². The number of aromatic nitrogens is 1. The lowest BCUT2D eigenvalue weighted by Gasteiger charge is -2.30. The molecule has 0 spiro atoms. The maximum atomic E-state index is 10.9. The lowest BCUT2D eigenvalue weighted by Crippen LogP contribution is -2.45. The average molecular weight is 466 g/mol. The topological polar surface area (TPSA) is 116 Å². The smallest absolute Gasteiger partial charge is 0.303 e. The SMILES string of the molecule is N#CN=C(N)N(c1cccc(/C(=C\CCCC(=O)O)c2cccnc2)c1)C1Cc2ccccc2C1. The number of carbonyl (C=O) groups is 1. The lowest BCUT2D eigenvalue weighted by atomic mass is 9.96. The van der Waals surface area contributed by atoms with Gasteiger partial charge in [-0.3, -0.25) is 9.78 Å². The molecular weight excluding hydrogens is 438 g/mol. The van der Waals surface area contributed by atoms with Gasteiger partial charge in [-0.2, -0.15) is 5.26 Å². The third kappa shape index (κ3) is 5.74. The summed E-state index contributed by atoms with van der Waals surface area (Å²) < 4.78 is 0. The molecule has 0 saturated heterocycles. The second kappa shape index (κ2) is 11.1. The first kappa shape index (κ1) is 23.7. The van der Waals surface area contributed by atoms with E-state index >= 15 is 0 Å². The highest BCUT2D eigenvalue weighted by Gasteiger charge is 2.29. The fraction of sp³-hybridized carbons (Fsp3) is 0.214. The summed E-state index contributed by atoms with van der Waals surface area (Å²) in [5.41, 5.74) is 12.6. The van der Waals surface area contributed by atoms with Crippen molar-refractivity contribution in [2.24, 2.45) is 10.7 Å². The first-order valence-electron chi connectivity index (χ1n) is 11.6. The van der Waals surface area contributed by atoms with E-state index in [0.29, 0.717) is 12.8 Å². The van der Waals surface area contributed by atoms with Gasteiger partial charge in [-0.25, -0.2) is 0 Å². The van der Waals surface area contributed by atoms with Gasteiger partial charge in [0, 0.05) is 36.1 Å². The Morgan fingerprint density at radius 3 is 2.54 bits per heavy atom. The second-order valence-electron chi connectivity index (χ2n) is 8.47. The summed E-state index contributed by atoms with van der Waals surface area (Å²) in [6, 6.07) is 20.2. The van der Waals surface area contributed by atoms with Crippen molar-refractivity contribution < 1.29 is 9.90 Å². The van der Waals surface area contributed by atoms with Gasteiger partial charge in [-0.15, -0.1) is 4.99 Å². The van der Waals surface area contributed by atoms with Crippen molar-refractivity contribution in [2.45, 2.75) is 38.1 Å². The van der Waals surface area contributed by atoms with E-state index in [1.54, 1.807) is 12.4 Å². The molecule has 0 unspecified atom stereocenters. The number of nitrogens with zero attached hydrogens (tertiary/aromatic N) is 4. The zero-order chi connectivity index (χ0) is 24.6. The van der Waals surface area contributed by atoms with Crippen molar-refractivity contribution in [1.29, 1.82) is 5.26 Å². The molecule has 0 fully saturated rings. The summed E-state index contributed by atoms with van der Waals surface area (Å²) in [5.74, 6) is -0.639. The molecular formula is C28H27N5O2. The number of guanidine groups is 1. The number of fused-ring (bicyclic) bond motifs is 1. The first-order chi connectivity index (χ1) is 17.1. The number of carboxylic acids is 1. The Kier molecular flexibility index (Phi) is 7.53. The Bertz CT molecular complexity index is 1270. The zero-order valence-electron chi connectivity index (χ0n) is 19.3. The van der Waals surface area contributed by atoms with Gasteiger partial charge in [0.15, 0.2) is 0 Å². The second-order valence-corrected chi connectivity index (χ2v) is 8.47. The number of allylic oxidation sites excluding steroid dienone is 1. The Hall–Kier alpha value is -4.44. The molecule has 0 amide bonds. The standard InChI is InChI=1S/C28H27N5O2/c29-19-32-28(30)33(25-15-20-7-1-2-8-21(20)16-25)24-11-5-9-22(17-24)26(12-3-4-13-27(34)35)23-10-6-14-31-18-23/h1-2,5-12,14,17-18,25H,3-4,13,15-16H2,(H2,30,32)(H,34,35)/b26-12+. The van der Waals surface area contributed by atoms with E-state index in [-0.39, 0.29) is 18.4 Å². The van der Waals surface area contributed by atoms with Gasteiger partial charge in [0.25, 0.3) is 0 Å². The van der Waals surface area contributed by atoms with E-state index in [0.717, 1.165) is 35.2 Å². The Balaban J connectivity index is 1.70. The van der Waals surface area contributed by atoms with Crippen LogP contribution in [0.1, 0.15) is 41.5 Å². The highest BCUT2D eigenvalue weighted by atomic mass is 16.4.